The molecule has 3 aromatic rings. The molecule has 0 bridgehead atoms. The molecule has 1 fully saturated rings. The van der Waals surface area contributed by atoms with Gasteiger partial charge >= 0.3 is 0 Å². The number of ether oxygens (including phenoxy) is 2. The largest absolute Gasteiger partial charge is 0.493 e. The predicted octanol–water partition coefficient (Wildman–Crippen LogP) is 5.02. The van der Waals surface area contributed by atoms with E-state index in [-0.39, 0.29) is 28.8 Å². The second-order valence-corrected chi connectivity index (χ2v) is 9.79. The number of methoxy groups -OCH3 is 2. The van der Waals surface area contributed by atoms with Gasteiger partial charge in [-0.15, -0.1) is 0 Å². The van der Waals surface area contributed by atoms with Crippen LogP contribution in [0, 0.1) is 11.7 Å². The first-order valence-electron chi connectivity index (χ1n) is 12.2. The molecule has 1 saturated heterocycles. The van der Waals surface area contributed by atoms with Crippen molar-refractivity contribution < 1.29 is 23.5 Å². The molecule has 2 atom stereocenters. The highest BCUT2D eigenvalue weighted by Gasteiger charge is 2.42. The fourth-order valence-electron chi connectivity index (χ4n) is 5.40. The molecule has 2 aliphatic rings. The Balaban J connectivity index is 1.51. The van der Waals surface area contributed by atoms with E-state index >= 15 is 4.39 Å². The molecule has 6 nitrogen and oxygen atoms in total. The zero-order valence-electron chi connectivity index (χ0n) is 20.7. The highest BCUT2D eigenvalue weighted by Crippen LogP contribution is 2.44. The lowest BCUT2D eigenvalue weighted by atomic mass is 9.86. The molecular weight excluding hydrogens is 495 g/mol. The molecule has 0 aliphatic carbocycles. The van der Waals surface area contributed by atoms with Gasteiger partial charge in [-0.2, -0.15) is 0 Å². The third-order valence-electron chi connectivity index (χ3n) is 7.21. The van der Waals surface area contributed by atoms with Gasteiger partial charge in [0.25, 0.3) is 0 Å². The molecule has 2 unspecified atom stereocenters. The van der Waals surface area contributed by atoms with Crippen molar-refractivity contribution in [1.29, 1.82) is 0 Å². The summed E-state index contributed by atoms with van der Waals surface area (Å²) in [7, 11) is 3.10. The van der Waals surface area contributed by atoms with Crippen LogP contribution in [0.2, 0.25) is 5.02 Å². The van der Waals surface area contributed by atoms with E-state index < -0.39 is 17.8 Å². The Morgan fingerprint density at radius 3 is 2.49 bits per heavy atom. The molecule has 2 aliphatic heterocycles. The average Bonchev–Trinajstić information content (AvgIpc) is 3.27. The van der Waals surface area contributed by atoms with Crippen molar-refractivity contribution in [2.75, 3.05) is 27.3 Å². The molecule has 5 rings (SSSR count). The highest BCUT2D eigenvalue weighted by molar-refractivity contribution is 6.31. The smallest absolute Gasteiger partial charge is 0.228 e. The van der Waals surface area contributed by atoms with Crippen LogP contribution in [0.5, 0.6) is 11.5 Å². The molecule has 37 heavy (non-hydrogen) atoms. The zero-order valence-corrected chi connectivity index (χ0v) is 21.5. The number of carbonyl (C=O) groups is 2. The van der Waals surface area contributed by atoms with Crippen LogP contribution in [0.15, 0.2) is 60.7 Å². The second-order valence-electron chi connectivity index (χ2n) is 9.39. The standard InChI is InChI=1S/C29H28ClFN2O4/c1-36-24-13-19-11-12-33(28(21(19)15-25(24)37-2)27-22(30)9-6-10-23(27)31)29(35)20-14-26(34)32(17-20)16-18-7-4-3-5-8-18/h3-10,13,15,20,28H,11-12,14,16-17H2,1-2H3. The highest BCUT2D eigenvalue weighted by atomic mass is 35.5. The number of rotatable bonds is 6. The van der Waals surface area contributed by atoms with Crippen molar-refractivity contribution in [3.05, 3.63) is 93.8 Å². The maximum absolute atomic E-state index is 15.3. The van der Waals surface area contributed by atoms with E-state index in [0.29, 0.717) is 37.6 Å². The topological polar surface area (TPSA) is 59.1 Å². The van der Waals surface area contributed by atoms with Crippen LogP contribution < -0.4 is 9.47 Å². The Hall–Kier alpha value is -3.58. The number of fused-ring (bicyclic) bond motifs is 1. The fourth-order valence-corrected chi connectivity index (χ4v) is 5.66. The van der Waals surface area contributed by atoms with Gasteiger partial charge in [-0.25, -0.2) is 4.39 Å². The van der Waals surface area contributed by atoms with Gasteiger partial charge in [0.05, 0.1) is 26.2 Å². The molecule has 0 spiro atoms. The minimum Gasteiger partial charge on any atom is -0.493 e. The Kier molecular flexibility index (Phi) is 7.07. The summed E-state index contributed by atoms with van der Waals surface area (Å²) >= 11 is 6.53. The quantitative estimate of drug-likeness (QED) is 0.456. The summed E-state index contributed by atoms with van der Waals surface area (Å²) < 4.78 is 26.3. The zero-order chi connectivity index (χ0) is 26.1. The Morgan fingerprint density at radius 2 is 1.78 bits per heavy atom. The molecule has 3 aromatic carbocycles. The van der Waals surface area contributed by atoms with Crippen molar-refractivity contribution in [3.63, 3.8) is 0 Å². The van der Waals surface area contributed by atoms with Crippen molar-refractivity contribution >= 4 is 23.4 Å². The number of hydrogen-bond acceptors (Lipinski definition) is 4. The van der Waals surface area contributed by atoms with E-state index in [2.05, 4.69) is 0 Å². The SMILES string of the molecule is COc1cc2c(cc1OC)C(c1c(F)cccc1Cl)N(C(=O)C1CC(=O)N(Cc3ccccc3)C1)CC2. The molecule has 8 heteroatoms. The van der Waals surface area contributed by atoms with E-state index in [4.69, 9.17) is 21.1 Å². The van der Waals surface area contributed by atoms with Gasteiger partial charge in [0.2, 0.25) is 11.8 Å². The van der Waals surface area contributed by atoms with Gasteiger partial charge in [0.1, 0.15) is 5.82 Å². The Labute approximate surface area is 220 Å². The maximum atomic E-state index is 15.3. The van der Waals surface area contributed by atoms with Gasteiger partial charge in [0, 0.05) is 36.6 Å². The van der Waals surface area contributed by atoms with Gasteiger partial charge in [-0.1, -0.05) is 48.0 Å². The Bertz CT molecular complexity index is 1310. The lowest BCUT2D eigenvalue weighted by Crippen LogP contribution is -2.44. The van der Waals surface area contributed by atoms with Crippen molar-refractivity contribution in [2.24, 2.45) is 5.92 Å². The lowest BCUT2D eigenvalue weighted by molar-refractivity contribution is -0.138. The van der Waals surface area contributed by atoms with Crippen LogP contribution in [0.3, 0.4) is 0 Å². The van der Waals surface area contributed by atoms with Gasteiger partial charge < -0.3 is 19.3 Å². The predicted molar refractivity (Wildman–Crippen MR) is 138 cm³/mol. The van der Waals surface area contributed by atoms with E-state index in [1.165, 1.54) is 13.2 Å². The van der Waals surface area contributed by atoms with E-state index in [0.717, 1.165) is 16.7 Å². The third-order valence-corrected chi connectivity index (χ3v) is 7.54. The lowest BCUT2D eigenvalue weighted by Gasteiger charge is -2.39. The van der Waals surface area contributed by atoms with Gasteiger partial charge in [-0.05, 0) is 47.4 Å². The summed E-state index contributed by atoms with van der Waals surface area (Å²) in [5, 5.41) is 0.235. The van der Waals surface area contributed by atoms with Crippen LogP contribution >= 0.6 is 11.6 Å². The number of hydrogen-bond donors (Lipinski definition) is 0. The first-order valence-corrected chi connectivity index (χ1v) is 12.6. The molecule has 192 valence electrons. The second kappa shape index (κ2) is 10.4. The van der Waals surface area contributed by atoms with Crippen molar-refractivity contribution in [2.45, 2.75) is 25.4 Å². The van der Waals surface area contributed by atoms with Crippen LogP contribution in [-0.4, -0.2) is 48.9 Å². The number of carbonyl (C=O) groups excluding carboxylic acids is 2. The summed E-state index contributed by atoms with van der Waals surface area (Å²) in [6.07, 6.45) is 0.678. The Morgan fingerprint density at radius 1 is 1.05 bits per heavy atom. The number of benzene rings is 3. The number of nitrogens with zero attached hydrogens (tertiary/aromatic N) is 2. The van der Waals surface area contributed by atoms with Crippen LogP contribution in [0.25, 0.3) is 0 Å². The normalized spacial score (nSPS) is 19.1. The van der Waals surface area contributed by atoms with Crippen molar-refractivity contribution in [3.8, 4) is 11.5 Å². The summed E-state index contributed by atoms with van der Waals surface area (Å²) in [4.78, 5) is 30.2. The molecule has 0 radical (unpaired) electrons. The summed E-state index contributed by atoms with van der Waals surface area (Å²) in [6.45, 7) is 1.13. The molecular formula is C29H28ClFN2O4. The van der Waals surface area contributed by atoms with E-state index in [1.54, 1.807) is 35.1 Å². The summed E-state index contributed by atoms with van der Waals surface area (Å²) in [5.74, 6) is -0.215. The van der Waals surface area contributed by atoms with Crippen LogP contribution in [-0.2, 0) is 22.6 Å². The van der Waals surface area contributed by atoms with E-state index in [9.17, 15) is 9.59 Å². The molecule has 0 N–H and O–H groups in total. The first kappa shape index (κ1) is 25.1. The number of likely N-dealkylation sites (tertiary alicyclic amines) is 1. The minimum absolute atomic E-state index is 0.0634. The van der Waals surface area contributed by atoms with E-state index in [1.807, 2.05) is 36.4 Å². The van der Waals surface area contributed by atoms with Crippen LogP contribution in [0.4, 0.5) is 4.39 Å². The minimum atomic E-state index is -0.761. The monoisotopic (exact) mass is 522 g/mol. The molecule has 0 aromatic heterocycles. The average molecular weight is 523 g/mol. The third kappa shape index (κ3) is 4.76. The summed E-state index contributed by atoms with van der Waals surface area (Å²) in [5.41, 5.74) is 2.90. The number of halogens is 2. The number of amides is 2. The van der Waals surface area contributed by atoms with Gasteiger partial charge in [-0.3, -0.25) is 9.59 Å². The maximum Gasteiger partial charge on any atom is 0.228 e. The van der Waals surface area contributed by atoms with Crippen LogP contribution in [0.1, 0.15) is 34.7 Å². The summed E-state index contributed by atoms with van der Waals surface area (Å²) in [6, 6.07) is 17.1. The first-order chi connectivity index (χ1) is 17.9. The molecule has 0 saturated carbocycles. The molecule has 2 heterocycles. The van der Waals surface area contributed by atoms with Gasteiger partial charge in [0.15, 0.2) is 11.5 Å². The fraction of sp³-hybridized carbons (Fsp3) is 0.310. The van der Waals surface area contributed by atoms with Crippen molar-refractivity contribution in [1.82, 2.24) is 9.80 Å². The molecule has 2 amide bonds.